The van der Waals surface area contributed by atoms with Crippen molar-refractivity contribution >= 4 is 44.0 Å². The Bertz CT molecular complexity index is 515. The number of benzene rings is 1. The molecule has 90 valence electrons. The van der Waals surface area contributed by atoms with E-state index in [-0.39, 0.29) is 0 Å². The average Bonchev–Trinajstić information content (AvgIpc) is 2.76. The summed E-state index contributed by atoms with van der Waals surface area (Å²) in [7, 11) is 0. The Morgan fingerprint density at radius 3 is 2.88 bits per heavy atom. The van der Waals surface area contributed by atoms with Crippen LogP contribution in [0.3, 0.4) is 0 Å². The first-order chi connectivity index (χ1) is 8.19. The van der Waals surface area contributed by atoms with Gasteiger partial charge < -0.3 is 5.32 Å². The Morgan fingerprint density at radius 2 is 2.24 bits per heavy atom. The highest BCUT2D eigenvalue weighted by molar-refractivity contribution is 9.10. The number of nitrogens with one attached hydrogen (secondary N) is 1. The van der Waals surface area contributed by atoms with Crippen molar-refractivity contribution in [2.24, 2.45) is 0 Å². The highest BCUT2D eigenvalue weighted by atomic mass is 79.9. The zero-order valence-electron chi connectivity index (χ0n) is 9.20. The number of nitrogens with zero attached hydrogens (tertiary/aromatic N) is 2. The molecule has 1 N–H and O–H groups in total. The van der Waals surface area contributed by atoms with E-state index in [0.717, 1.165) is 31.6 Å². The lowest BCUT2D eigenvalue weighted by Crippen LogP contribution is -1.99. The predicted octanol–water partition coefficient (Wildman–Crippen LogP) is 4.13. The Hall–Kier alpha value is -0.650. The van der Waals surface area contributed by atoms with E-state index < -0.39 is 0 Å². The summed E-state index contributed by atoms with van der Waals surface area (Å²) in [6, 6.07) is 5.85. The van der Waals surface area contributed by atoms with Crippen LogP contribution in [0.5, 0.6) is 0 Å². The second-order valence-electron chi connectivity index (χ2n) is 3.44. The molecule has 0 amide bonds. The molecule has 0 aliphatic heterocycles. The van der Waals surface area contributed by atoms with Gasteiger partial charge in [0, 0.05) is 16.0 Å². The molecular formula is C11H11BrClN3S. The van der Waals surface area contributed by atoms with Crippen molar-refractivity contribution in [3.05, 3.63) is 38.3 Å². The molecule has 0 aliphatic carbocycles. The molecule has 1 heterocycles. The van der Waals surface area contributed by atoms with Crippen molar-refractivity contribution in [2.45, 2.75) is 19.9 Å². The van der Waals surface area contributed by atoms with Crippen LogP contribution in [0.15, 0.2) is 22.7 Å². The fourth-order valence-electron chi connectivity index (χ4n) is 1.30. The fraction of sp³-hybridized carbons (Fsp3) is 0.273. The van der Waals surface area contributed by atoms with Crippen molar-refractivity contribution in [2.75, 3.05) is 5.32 Å². The normalized spacial score (nSPS) is 10.5. The molecule has 0 fully saturated rings. The first-order valence-electron chi connectivity index (χ1n) is 5.19. The standard InChI is InChI=1S/C11H11BrClN3S/c1-2-10-15-16-11(17-10)14-6-7-3-4-8(12)5-9(7)13/h3-5H,2,6H2,1H3,(H,14,16). The third-order valence-electron chi connectivity index (χ3n) is 2.21. The number of aryl methyl sites for hydroxylation is 1. The van der Waals surface area contributed by atoms with Crippen molar-refractivity contribution in [1.82, 2.24) is 10.2 Å². The van der Waals surface area contributed by atoms with Crippen LogP contribution in [0.2, 0.25) is 5.02 Å². The lowest BCUT2D eigenvalue weighted by molar-refractivity contribution is 0.975. The molecule has 2 aromatic rings. The minimum absolute atomic E-state index is 0.657. The molecule has 3 nitrogen and oxygen atoms in total. The van der Waals surface area contributed by atoms with Gasteiger partial charge in [-0.15, -0.1) is 10.2 Å². The van der Waals surface area contributed by atoms with E-state index in [1.54, 1.807) is 11.3 Å². The highest BCUT2D eigenvalue weighted by Gasteiger charge is 2.04. The van der Waals surface area contributed by atoms with Gasteiger partial charge in [0.05, 0.1) is 0 Å². The number of halogens is 2. The zero-order valence-corrected chi connectivity index (χ0v) is 12.4. The van der Waals surface area contributed by atoms with E-state index in [2.05, 4.69) is 38.4 Å². The monoisotopic (exact) mass is 331 g/mol. The van der Waals surface area contributed by atoms with Gasteiger partial charge in [-0.1, -0.05) is 51.9 Å². The van der Waals surface area contributed by atoms with Crippen LogP contribution in [0.1, 0.15) is 17.5 Å². The number of anilines is 1. The third-order valence-corrected chi connectivity index (χ3v) is 4.08. The molecule has 6 heteroatoms. The van der Waals surface area contributed by atoms with E-state index >= 15 is 0 Å². The van der Waals surface area contributed by atoms with Crippen LogP contribution in [-0.2, 0) is 13.0 Å². The van der Waals surface area contributed by atoms with Crippen LogP contribution in [0.4, 0.5) is 5.13 Å². The smallest absolute Gasteiger partial charge is 0.205 e. The molecule has 1 aromatic carbocycles. The second-order valence-corrected chi connectivity index (χ2v) is 5.83. The van der Waals surface area contributed by atoms with E-state index in [0.29, 0.717) is 6.54 Å². The van der Waals surface area contributed by atoms with Gasteiger partial charge in [0.1, 0.15) is 5.01 Å². The van der Waals surface area contributed by atoms with Crippen LogP contribution in [0, 0.1) is 0 Å². The van der Waals surface area contributed by atoms with Gasteiger partial charge in [-0.3, -0.25) is 0 Å². The Balaban J connectivity index is 2.02. The van der Waals surface area contributed by atoms with Gasteiger partial charge in [-0.05, 0) is 24.1 Å². The van der Waals surface area contributed by atoms with Crippen molar-refractivity contribution in [1.29, 1.82) is 0 Å². The Labute approximate surface area is 117 Å². The summed E-state index contributed by atoms with van der Waals surface area (Å²) in [6.07, 6.45) is 0.915. The highest BCUT2D eigenvalue weighted by Crippen LogP contribution is 2.23. The second kappa shape index (κ2) is 5.80. The van der Waals surface area contributed by atoms with Crippen molar-refractivity contribution in [3.8, 4) is 0 Å². The van der Waals surface area contributed by atoms with Gasteiger partial charge in [0.15, 0.2) is 0 Å². The molecule has 1 aromatic heterocycles. The zero-order chi connectivity index (χ0) is 12.3. The number of hydrogen-bond acceptors (Lipinski definition) is 4. The van der Waals surface area contributed by atoms with Gasteiger partial charge in [-0.25, -0.2) is 0 Å². The average molecular weight is 333 g/mol. The molecule has 2 rings (SSSR count). The minimum Gasteiger partial charge on any atom is -0.356 e. The van der Waals surface area contributed by atoms with Gasteiger partial charge >= 0.3 is 0 Å². The summed E-state index contributed by atoms with van der Waals surface area (Å²) < 4.78 is 0.982. The maximum atomic E-state index is 6.13. The Kier molecular flexibility index (Phi) is 4.36. The van der Waals surface area contributed by atoms with Crippen LogP contribution >= 0.6 is 38.9 Å². The SMILES string of the molecule is CCc1nnc(NCc2ccc(Br)cc2Cl)s1. The fourth-order valence-corrected chi connectivity index (χ4v) is 2.72. The molecule has 17 heavy (non-hydrogen) atoms. The molecule has 0 saturated carbocycles. The molecule has 0 saturated heterocycles. The minimum atomic E-state index is 0.657. The summed E-state index contributed by atoms with van der Waals surface area (Å²) in [5.41, 5.74) is 1.04. The van der Waals surface area contributed by atoms with Crippen LogP contribution < -0.4 is 5.32 Å². The molecular weight excluding hydrogens is 322 g/mol. The van der Waals surface area contributed by atoms with E-state index in [4.69, 9.17) is 11.6 Å². The molecule has 0 aliphatic rings. The quantitative estimate of drug-likeness (QED) is 0.915. The summed E-state index contributed by atoms with van der Waals surface area (Å²) in [6.45, 7) is 2.72. The topological polar surface area (TPSA) is 37.8 Å². The predicted molar refractivity (Wildman–Crippen MR) is 75.8 cm³/mol. The summed E-state index contributed by atoms with van der Waals surface area (Å²) in [5, 5.41) is 13.9. The molecule has 0 atom stereocenters. The molecule has 0 unspecified atom stereocenters. The summed E-state index contributed by atoms with van der Waals surface area (Å²) in [5.74, 6) is 0. The van der Waals surface area contributed by atoms with Crippen molar-refractivity contribution < 1.29 is 0 Å². The van der Waals surface area contributed by atoms with E-state index in [9.17, 15) is 0 Å². The summed E-state index contributed by atoms with van der Waals surface area (Å²) in [4.78, 5) is 0. The van der Waals surface area contributed by atoms with Crippen LogP contribution in [0.25, 0.3) is 0 Å². The first kappa shape index (κ1) is 12.8. The van der Waals surface area contributed by atoms with Crippen molar-refractivity contribution in [3.63, 3.8) is 0 Å². The Morgan fingerprint density at radius 1 is 1.41 bits per heavy atom. The lowest BCUT2D eigenvalue weighted by Gasteiger charge is -2.05. The van der Waals surface area contributed by atoms with Gasteiger partial charge in [-0.2, -0.15) is 0 Å². The molecule has 0 bridgehead atoms. The van der Waals surface area contributed by atoms with Gasteiger partial charge in [0.25, 0.3) is 0 Å². The maximum Gasteiger partial charge on any atom is 0.205 e. The van der Waals surface area contributed by atoms with E-state index in [1.807, 2.05) is 18.2 Å². The van der Waals surface area contributed by atoms with E-state index in [1.165, 1.54) is 0 Å². The third kappa shape index (κ3) is 3.40. The maximum absolute atomic E-state index is 6.13. The number of aromatic nitrogens is 2. The largest absolute Gasteiger partial charge is 0.356 e. The van der Waals surface area contributed by atoms with Crippen LogP contribution in [-0.4, -0.2) is 10.2 Å². The lowest BCUT2D eigenvalue weighted by atomic mass is 10.2. The first-order valence-corrected chi connectivity index (χ1v) is 7.18. The molecule has 0 spiro atoms. The van der Waals surface area contributed by atoms with Gasteiger partial charge in [0.2, 0.25) is 5.13 Å². The molecule has 0 radical (unpaired) electrons. The summed E-state index contributed by atoms with van der Waals surface area (Å²) >= 11 is 11.1. The number of rotatable bonds is 4. The number of hydrogen-bond donors (Lipinski definition) is 1.